The number of imidazole rings is 1. The van der Waals surface area contributed by atoms with E-state index in [2.05, 4.69) is 22.5 Å². The van der Waals surface area contributed by atoms with Crippen LogP contribution in [0.4, 0.5) is 0 Å². The van der Waals surface area contributed by atoms with Gasteiger partial charge in [0.05, 0.1) is 30.7 Å². The molecule has 1 aliphatic heterocycles. The molecule has 1 saturated heterocycles. The highest BCUT2D eigenvalue weighted by Gasteiger charge is 2.31. The first-order valence-corrected chi connectivity index (χ1v) is 7.42. The number of ether oxygens (including phenoxy) is 2. The van der Waals surface area contributed by atoms with Crippen molar-refractivity contribution in [1.82, 2.24) is 9.55 Å². The molecule has 0 amide bonds. The maximum atomic E-state index is 6.06. The van der Waals surface area contributed by atoms with E-state index in [-0.39, 0.29) is 5.60 Å². The van der Waals surface area contributed by atoms with Crippen molar-refractivity contribution < 1.29 is 9.47 Å². The zero-order valence-corrected chi connectivity index (χ0v) is 12.6. The first-order chi connectivity index (χ1) is 9.67. The monoisotopic (exact) mass is 294 g/mol. The third-order valence-electron chi connectivity index (χ3n) is 3.95. The van der Waals surface area contributed by atoms with Crippen LogP contribution in [0.1, 0.15) is 25.6 Å². The number of benzene rings is 1. The number of rotatable bonds is 4. The zero-order valence-electron chi connectivity index (χ0n) is 11.9. The molecule has 20 heavy (non-hydrogen) atoms. The molecule has 1 fully saturated rings. The Kier molecular flexibility index (Phi) is 3.61. The van der Waals surface area contributed by atoms with E-state index in [1.165, 1.54) is 0 Å². The second-order valence-electron chi connectivity index (χ2n) is 5.48. The Balaban J connectivity index is 2.08. The minimum absolute atomic E-state index is 0.127. The number of halogens is 1. The minimum Gasteiger partial charge on any atom is -0.494 e. The van der Waals surface area contributed by atoms with Gasteiger partial charge in [-0.1, -0.05) is 6.07 Å². The number of para-hydroxylation sites is 1. The van der Waals surface area contributed by atoms with E-state index in [0.29, 0.717) is 5.88 Å². The minimum atomic E-state index is -0.127. The lowest BCUT2D eigenvalue weighted by molar-refractivity contribution is 0.00661. The topological polar surface area (TPSA) is 36.3 Å². The van der Waals surface area contributed by atoms with Crippen molar-refractivity contribution in [2.45, 2.75) is 37.8 Å². The Bertz CT molecular complexity index is 618. The van der Waals surface area contributed by atoms with Crippen molar-refractivity contribution in [3.05, 3.63) is 24.0 Å². The van der Waals surface area contributed by atoms with Gasteiger partial charge in [-0.15, -0.1) is 11.6 Å². The van der Waals surface area contributed by atoms with Crippen LogP contribution < -0.4 is 4.74 Å². The van der Waals surface area contributed by atoms with Gasteiger partial charge in [0, 0.05) is 6.61 Å². The molecule has 4 nitrogen and oxygen atoms in total. The number of hydrogen-bond acceptors (Lipinski definition) is 3. The fourth-order valence-electron chi connectivity index (χ4n) is 2.91. The SMILES string of the molecule is COc1cccc2c1nc(CCl)n2CC1(C)CCCO1. The lowest BCUT2D eigenvalue weighted by Crippen LogP contribution is -2.30. The molecule has 0 radical (unpaired) electrons. The first kappa shape index (κ1) is 13.7. The van der Waals surface area contributed by atoms with Crippen molar-refractivity contribution in [2.24, 2.45) is 0 Å². The molecule has 3 rings (SSSR count). The van der Waals surface area contributed by atoms with Gasteiger partial charge in [-0.25, -0.2) is 4.98 Å². The molecule has 0 bridgehead atoms. The second kappa shape index (κ2) is 5.26. The van der Waals surface area contributed by atoms with Crippen molar-refractivity contribution in [3.8, 4) is 5.75 Å². The van der Waals surface area contributed by atoms with Crippen LogP contribution in [0.5, 0.6) is 5.75 Å². The maximum absolute atomic E-state index is 6.06. The molecule has 1 aromatic heterocycles. The average Bonchev–Trinajstić information content (AvgIpc) is 3.03. The molecule has 1 aliphatic rings. The van der Waals surface area contributed by atoms with Gasteiger partial charge in [-0.2, -0.15) is 0 Å². The predicted octanol–water partition coefficient (Wildman–Crippen LogP) is 3.35. The maximum Gasteiger partial charge on any atom is 0.146 e. The van der Waals surface area contributed by atoms with Crippen LogP contribution in [0.15, 0.2) is 18.2 Å². The smallest absolute Gasteiger partial charge is 0.146 e. The van der Waals surface area contributed by atoms with Crippen LogP contribution in [-0.2, 0) is 17.2 Å². The molecular weight excluding hydrogens is 276 g/mol. The Morgan fingerprint density at radius 2 is 2.35 bits per heavy atom. The molecule has 0 aliphatic carbocycles. The summed E-state index contributed by atoms with van der Waals surface area (Å²) in [6, 6.07) is 5.96. The van der Waals surface area contributed by atoms with Crippen molar-refractivity contribution in [1.29, 1.82) is 0 Å². The lowest BCUT2D eigenvalue weighted by Gasteiger charge is -2.25. The largest absolute Gasteiger partial charge is 0.494 e. The van der Waals surface area contributed by atoms with E-state index in [4.69, 9.17) is 21.1 Å². The van der Waals surface area contributed by atoms with Crippen LogP contribution in [-0.4, -0.2) is 28.9 Å². The van der Waals surface area contributed by atoms with Gasteiger partial charge >= 0.3 is 0 Å². The van der Waals surface area contributed by atoms with Crippen molar-refractivity contribution >= 4 is 22.6 Å². The van der Waals surface area contributed by atoms with Gasteiger partial charge in [0.2, 0.25) is 0 Å². The fraction of sp³-hybridized carbons (Fsp3) is 0.533. The highest BCUT2D eigenvalue weighted by molar-refractivity contribution is 6.16. The summed E-state index contributed by atoms with van der Waals surface area (Å²) in [7, 11) is 1.66. The standard InChI is InChI=1S/C15H19ClN2O2/c1-15(7-4-8-20-15)10-18-11-5-3-6-12(19-2)14(11)17-13(18)9-16/h3,5-6H,4,7-10H2,1-2H3. The second-order valence-corrected chi connectivity index (χ2v) is 5.74. The molecule has 2 aromatic rings. The Labute approximate surface area is 123 Å². The van der Waals surface area contributed by atoms with Gasteiger partial charge < -0.3 is 14.0 Å². The van der Waals surface area contributed by atoms with E-state index < -0.39 is 0 Å². The average molecular weight is 295 g/mol. The van der Waals surface area contributed by atoms with Gasteiger partial charge in [0.1, 0.15) is 17.1 Å². The summed E-state index contributed by atoms with van der Waals surface area (Å²) in [6.07, 6.45) is 2.18. The highest BCUT2D eigenvalue weighted by Crippen LogP contribution is 2.32. The highest BCUT2D eigenvalue weighted by atomic mass is 35.5. The van der Waals surface area contributed by atoms with Gasteiger partial charge in [-0.3, -0.25) is 0 Å². The number of fused-ring (bicyclic) bond motifs is 1. The van der Waals surface area contributed by atoms with E-state index >= 15 is 0 Å². The summed E-state index contributed by atoms with van der Waals surface area (Å²) in [5.41, 5.74) is 1.79. The fourth-order valence-corrected chi connectivity index (χ4v) is 3.11. The molecule has 1 aromatic carbocycles. The molecule has 0 N–H and O–H groups in total. The third kappa shape index (κ3) is 2.27. The number of methoxy groups -OCH3 is 1. The number of nitrogens with zero attached hydrogens (tertiary/aromatic N) is 2. The van der Waals surface area contributed by atoms with Crippen molar-refractivity contribution in [2.75, 3.05) is 13.7 Å². The van der Waals surface area contributed by atoms with Gasteiger partial charge in [0.25, 0.3) is 0 Å². The van der Waals surface area contributed by atoms with E-state index in [1.807, 2.05) is 12.1 Å². The number of hydrogen-bond donors (Lipinski definition) is 0. The van der Waals surface area contributed by atoms with Crippen LogP contribution >= 0.6 is 11.6 Å². The van der Waals surface area contributed by atoms with E-state index in [0.717, 1.165) is 48.6 Å². The third-order valence-corrected chi connectivity index (χ3v) is 4.19. The molecule has 0 spiro atoms. The van der Waals surface area contributed by atoms with Crippen LogP contribution in [0.2, 0.25) is 0 Å². The summed E-state index contributed by atoms with van der Waals surface area (Å²) >= 11 is 6.06. The lowest BCUT2D eigenvalue weighted by atomic mass is 10.0. The summed E-state index contributed by atoms with van der Waals surface area (Å²) in [6.45, 7) is 3.77. The molecule has 1 atom stereocenters. The van der Waals surface area contributed by atoms with Crippen LogP contribution in [0, 0.1) is 0 Å². The van der Waals surface area contributed by atoms with Gasteiger partial charge in [0.15, 0.2) is 0 Å². The van der Waals surface area contributed by atoms with Crippen LogP contribution in [0.25, 0.3) is 11.0 Å². The molecule has 5 heteroatoms. The first-order valence-electron chi connectivity index (χ1n) is 6.89. The molecular formula is C15H19ClN2O2. The summed E-state index contributed by atoms with van der Waals surface area (Å²) in [5, 5.41) is 0. The van der Waals surface area contributed by atoms with E-state index in [1.54, 1.807) is 7.11 Å². The normalized spacial score (nSPS) is 22.6. The molecule has 1 unspecified atom stereocenters. The molecule has 0 saturated carbocycles. The zero-order chi connectivity index (χ0) is 14.2. The summed E-state index contributed by atoms with van der Waals surface area (Å²) in [4.78, 5) is 4.63. The van der Waals surface area contributed by atoms with Gasteiger partial charge in [-0.05, 0) is 31.9 Å². The Hall–Kier alpha value is -1.26. The summed E-state index contributed by atoms with van der Waals surface area (Å²) in [5.74, 6) is 2.03. The Morgan fingerprint density at radius 3 is 3.00 bits per heavy atom. The molecule has 108 valence electrons. The Morgan fingerprint density at radius 1 is 1.50 bits per heavy atom. The summed E-state index contributed by atoms with van der Waals surface area (Å²) < 4.78 is 13.4. The number of alkyl halides is 1. The van der Waals surface area contributed by atoms with E-state index in [9.17, 15) is 0 Å². The molecule has 2 heterocycles. The number of aromatic nitrogens is 2. The predicted molar refractivity (Wildman–Crippen MR) is 79.4 cm³/mol. The van der Waals surface area contributed by atoms with Crippen molar-refractivity contribution in [3.63, 3.8) is 0 Å². The quantitative estimate of drug-likeness (QED) is 0.811. The van der Waals surface area contributed by atoms with Crippen LogP contribution in [0.3, 0.4) is 0 Å².